The molecule has 1 N–H and O–H groups in total. The van der Waals surface area contributed by atoms with Gasteiger partial charge in [-0.15, -0.1) is 0 Å². The first-order chi connectivity index (χ1) is 10.1. The van der Waals surface area contributed by atoms with Gasteiger partial charge < -0.3 is 5.32 Å². The van der Waals surface area contributed by atoms with E-state index in [2.05, 4.69) is 59.0 Å². The summed E-state index contributed by atoms with van der Waals surface area (Å²) in [5, 5.41) is 7.96. The number of halogens is 1. The van der Waals surface area contributed by atoms with Crippen molar-refractivity contribution < 1.29 is 0 Å². The summed E-state index contributed by atoms with van der Waals surface area (Å²) < 4.78 is 3.28. The van der Waals surface area contributed by atoms with E-state index in [0.29, 0.717) is 0 Å². The van der Waals surface area contributed by atoms with Gasteiger partial charge in [-0.25, -0.2) is 0 Å². The topological polar surface area (TPSA) is 29.9 Å². The lowest BCUT2D eigenvalue weighted by atomic mass is 9.71. The molecule has 1 saturated carbocycles. The van der Waals surface area contributed by atoms with Crippen molar-refractivity contribution in [3.05, 3.63) is 15.9 Å². The summed E-state index contributed by atoms with van der Waals surface area (Å²) in [5.74, 6) is 2.53. The summed E-state index contributed by atoms with van der Waals surface area (Å²) in [4.78, 5) is 0. The molecule has 1 aliphatic carbocycles. The van der Waals surface area contributed by atoms with Crippen molar-refractivity contribution >= 4 is 15.9 Å². The molecule has 0 bridgehead atoms. The molecule has 1 fully saturated rings. The lowest BCUT2D eigenvalue weighted by molar-refractivity contribution is 0.167. The Balaban J connectivity index is 2.11. The number of nitrogens with one attached hydrogen (secondary N) is 1. The van der Waals surface area contributed by atoms with E-state index in [1.165, 1.54) is 42.3 Å². The first-order valence-electron chi connectivity index (χ1n) is 8.39. The Kier molecular flexibility index (Phi) is 6.30. The average Bonchev–Trinajstić information content (AvgIpc) is 2.69. The van der Waals surface area contributed by atoms with E-state index >= 15 is 0 Å². The third kappa shape index (κ3) is 4.10. The summed E-state index contributed by atoms with van der Waals surface area (Å²) in [6.07, 6.45) is 8.06. The average molecular weight is 356 g/mol. The lowest BCUT2D eigenvalue weighted by Crippen LogP contribution is -2.33. The number of rotatable bonds is 6. The Hall–Kier alpha value is -0.350. The van der Waals surface area contributed by atoms with Gasteiger partial charge in [0.2, 0.25) is 0 Å². The zero-order valence-corrected chi connectivity index (χ0v) is 15.5. The van der Waals surface area contributed by atoms with E-state index < -0.39 is 0 Å². The van der Waals surface area contributed by atoms with Crippen LogP contribution in [0.3, 0.4) is 0 Å². The third-order valence-electron chi connectivity index (χ3n) is 5.13. The molecule has 120 valence electrons. The van der Waals surface area contributed by atoms with Crippen molar-refractivity contribution in [3.63, 3.8) is 0 Å². The van der Waals surface area contributed by atoms with Crippen LogP contribution in [0.5, 0.6) is 0 Å². The van der Waals surface area contributed by atoms with Crippen LogP contribution in [0.25, 0.3) is 0 Å². The Morgan fingerprint density at radius 3 is 2.67 bits per heavy atom. The molecule has 2 rings (SSSR count). The van der Waals surface area contributed by atoms with Crippen molar-refractivity contribution in [2.75, 3.05) is 13.6 Å². The molecule has 0 saturated heterocycles. The second-order valence-corrected chi connectivity index (χ2v) is 7.51. The first-order valence-corrected chi connectivity index (χ1v) is 9.18. The lowest BCUT2D eigenvalue weighted by Gasteiger charge is -2.36. The quantitative estimate of drug-likeness (QED) is 0.832. The molecule has 0 amide bonds. The molecule has 3 unspecified atom stereocenters. The maximum atomic E-state index is 4.56. The van der Waals surface area contributed by atoms with E-state index in [9.17, 15) is 0 Å². The fourth-order valence-corrected chi connectivity index (χ4v) is 4.52. The predicted octanol–water partition coefficient (Wildman–Crippen LogP) is 4.09. The molecule has 0 radical (unpaired) electrons. The molecular weight excluding hydrogens is 326 g/mol. The van der Waals surface area contributed by atoms with Crippen LogP contribution in [-0.2, 0) is 13.5 Å². The molecular formula is C17H30BrN3. The molecule has 3 nitrogen and oxygen atoms in total. The summed E-state index contributed by atoms with van der Waals surface area (Å²) >= 11 is 3.73. The standard InChI is InChI=1S/C17H30BrN3/c1-5-6-13-7-8-14(11-19-3)15(9-13)10-16-17(18)12(2)20-21(16)4/h13-15,19H,5-11H2,1-4H3. The van der Waals surface area contributed by atoms with Gasteiger partial charge in [0.25, 0.3) is 0 Å². The minimum Gasteiger partial charge on any atom is -0.319 e. The Morgan fingerprint density at radius 1 is 1.33 bits per heavy atom. The Morgan fingerprint density at radius 2 is 2.10 bits per heavy atom. The van der Waals surface area contributed by atoms with Crippen LogP contribution in [0.1, 0.15) is 50.4 Å². The van der Waals surface area contributed by atoms with E-state index in [0.717, 1.165) is 36.4 Å². The largest absolute Gasteiger partial charge is 0.319 e. The van der Waals surface area contributed by atoms with Gasteiger partial charge >= 0.3 is 0 Å². The number of nitrogens with zero attached hydrogens (tertiary/aromatic N) is 2. The monoisotopic (exact) mass is 355 g/mol. The van der Waals surface area contributed by atoms with E-state index in [-0.39, 0.29) is 0 Å². The zero-order valence-electron chi connectivity index (χ0n) is 14.0. The smallest absolute Gasteiger partial charge is 0.0738 e. The van der Waals surface area contributed by atoms with Gasteiger partial charge in [0, 0.05) is 7.05 Å². The van der Waals surface area contributed by atoms with Gasteiger partial charge in [-0.3, -0.25) is 4.68 Å². The summed E-state index contributed by atoms with van der Waals surface area (Å²) in [5.41, 5.74) is 2.48. The highest BCUT2D eigenvalue weighted by atomic mass is 79.9. The molecule has 0 aromatic carbocycles. The maximum absolute atomic E-state index is 4.56. The molecule has 1 aliphatic rings. The molecule has 0 spiro atoms. The minimum absolute atomic E-state index is 0.786. The number of hydrogen-bond donors (Lipinski definition) is 1. The Bertz CT molecular complexity index is 455. The van der Waals surface area contributed by atoms with Crippen LogP contribution in [0, 0.1) is 24.7 Å². The predicted molar refractivity (Wildman–Crippen MR) is 92.5 cm³/mol. The molecule has 21 heavy (non-hydrogen) atoms. The van der Waals surface area contributed by atoms with Crippen LogP contribution in [0.2, 0.25) is 0 Å². The van der Waals surface area contributed by atoms with E-state index in [1.54, 1.807) is 0 Å². The molecule has 1 heterocycles. The zero-order chi connectivity index (χ0) is 15.4. The molecule has 3 atom stereocenters. The van der Waals surface area contributed by atoms with Crippen molar-refractivity contribution in [1.29, 1.82) is 0 Å². The molecule has 1 aromatic heterocycles. The van der Waals surface area contributed by atoms with Crippen molar-refractivity contribution in [3.8, 4) is 0 Å². The van der Waals surface area contributed by atoms with Gasteiger partial charge in [0.05, 0.1) is 15.9 Å². The van der Waals surface area contributed by atoms with Crippen LogP contribution < -0.4 is 5.32 Å². The van der Waals surface area contributed by atoms with Gasteiger partial charge in [-0.05, 0) is 73.5 Å². The maximum Gasteiger partial charge on any atom is 0.0738 e. The van der Waals surface area contributed by atoms with E-state index in [4.69, 9.17) is 0 Å². The second kappa shape index (κ2) is 7.77. The highest BCUT2D eigenvalue weighted by molar-refractivity contribution is 9.10. The van der Waals surface area contributed by atoms with Gasteiger partial charge in [0.15, 0.2) is 0 Å². The molecule has 1 aromatic rings. The fraction of sp³-hybridized carbons (Fsp3) is 0.824. The molecule has 4 heteroatoms. The fourth-order valence-electron chi connectivity index (χ4n) is 4.03. The second-order valence-electron chi connectivity index (χ2n) is 6.72. The first kappa shape index (κ1) is 17.0. The SMILES string of the molecule is CCCC1CCC(CNC)C(Cc2c(Br)c(C)nn2C)C1. The van der Waals surface area contributed by atoms with Crippen LogP contribution in [-0.4, -0.2) is 23.4 Å². The number of aromatic nitrogens is 2. The van der Waals surface area contributed by atoms with Gasteiger partial charge in [-0.1, -0.05) is 26.2 Å². The highest BCUT2D eigenvalue weighted by Crippen LogP contribution is 2.38. The van der Waals surface area contributed by atoms with Crippen molar-refractivity contribution in [2.45, 2.75) is 52.4 Å². The van der Waals surface area contributed by atoms with Crippen molar-refractivity contribution in [1.82, 2.24) is 15.1 Å². The van der Waals surface area contributed by atoms with Crippen LogP contribution in [0.4, 0.5) is 0 Å². The van der Waals surface area contributed by atoms with E-state index in [1.807, 2.05) is 0 Å². The van der Waals surface area contributed by atoms with Crippen molar-refractivity contribution in [2.24, 2.45) is 24.8 Å². The normalized spacial score (nSPS) is 26.2. The Labute approximate surface area is 138 Å². The van der Waals surface area contributed by atoms with Crippen LogP contribution in [0.15, 0.2) is 4.47 Å². The van der Waals surface area contributed by atoms with Gasteiger partial charge in [-0.2, -0.15) is 5.10 Å². The third-order valence-corrected chi connectivity index (χ3v) is 6.16. The summed E-state index contributed by atoms with van der Waals surface area (Å²) in [6.45, 7) is 5.55. The highest BCUT2D eigenvalue weighted by Gasteiger charge is 2.31. The minimum atomic E-state index is 0.786. The number of aryl methyl sites for hydroxylation is 2. The van der Waals surface area contributed by atoms with Gasteiger partial charge in [0.1, 0.15) is 0 Å². The molecule has 0 aliphatic heterocycles. The summed E-state index contributed by atoms with van der Waals surface area (Å²) in [7, 11) is 4.16. The van der Waals surface area contributed by atoms with Crippen LogP contribution >= 0.6 is 15.9 Å². The number of hydrogen-bond acceptors (Lipinski definition) is 2. The summed E-state index contributed by atoms with van der Waals surface area (Å²) in [6, 6.07) is 0.